The minimum Gasteiger partial charge on any atom is -0.326 e. The molecular weight excluding hydrogens is 196 g/mol. The van der Waals surface area contributed by atoms with Gasteiger partial charge >= 0.3 is 0 Å². The second-order valence-corrected chi connectivity index (χ2v) is 6.42. The largest absolute Gasteiger partial charge is 0.326 e. The van der Waals surface area contributed by atoms with E-state index in [0.29, 0.717) is 11.6 Å². The summed E-state index contributed by atoms with van der Waals surface area (Å²) in [6, 6.07) is 0.402. The Labute approximate surface area is 101 Å². The molecule has 94 valence electrons. The van der Waals surface area contributed by atoms with Crippen LogP contribution in [0.2, 0.25) is 0 Å². The molecule has 0 aliphatic heterocycles. The molecule has 2 N–H and O–H groups in total. The molecule has 0 spiro atoms. The molecule has 0 aromatic heterocycles. The number of likely N-dealkylation sites (N-methyl/N-ethyl adjacent to an activating group) is 1. The van der Waals surface area contributed by atoms with Crippen LogP contribution in [-0.4, -0.2) is 30.6 Å². The first-order chi connectivity index (χ1) is 7.56. The van der Waals surface area contributed by atoms with E-state index in [2.05, 4.69) is 25.9 Å². The average molecular weight is 224 g/mol. The summed E-state index contributed by atoms with van der Waals surface area (Å²) in [4.78, 5) is 2.44. The zero-order valence-corrected chi connectivity index (χ0v) is 11.2. The standard InChI is InChI=1S/C14H28N2/c1-11-6-5-9-14(10-11,16(2)3)13(15)12-7-4-8-12/h11-13H,4-10,15H2,1-3H3. The van der Waals surface area contributed by atoms with Gasteiger partial charge in [-0.05, 0) is 51.6 Å². The van der Waals surface area contributed by atoms with E-state index in [-0.39, 0.29) is 0 Å². The van der Waals surface area contributed by atoms with Gasteiger partial charge in [0.15, 0.2) is 0 Å². The van der Waals surface area contributed by atoms with Crippen LogP contribution in [0.5, 0.6) is 0 Å². The van der Waals surface area contributed by atoms with Gasteiger partial charge in [0.1, 0.15) is 0 Å². The van der Waals surface area contributed by atoms with Crippen LogP contribution in [0, 0.1) is 11.8 Å². The summed E-state index contributed by atoms with van der Waals surface area (Å²) in [5.41, 5.74) is 6.90. The zero-order chi connectivity index (χ0) is 11.8. The van der Waals surface area contributed by atoms with Crippen molar-refractivity contribution in [3.63, 3.8) is 0 Å². The van der Waals surface area contributed by atoms with Gasteiger partial charge in [0.25, 0.3) is 0 Å². The lowest BCUT2D eigenvalue weighted by Crippen LogP contribution is -2.62. The van der Waals surface area contributed by atoms with Crippen molar-refractivity contribution in [2.45, 2.75) is 63.5 Å². The van der Waals surface area contributed by atoms with E-state index >= 15 is 0 Å². The Hall–Kier alpha value is -0.0800. The van der Waals surface area contributed by atoms with Crippen LogP contribution in [0.25, 0.3) is 0 Å². The molecule has 0 bridgehead atoms. The SMILES string of the molecule is CC1CCCC(C(N)C2CCC2)(N(C)C)C1. The van der Waals surface area contributed by atoms with Gasteiger partial charge < -0.3 is 10.6 Å². The molecular formula is C14H28N2. The topological polar surface area (TPSA) is 29.3 Å². The van der Waals surface area contributed by atoms with Crippen LogP contribution in [0.15, 0.2) is 0 Å². The average Bonchev–Trinajstić information content (AvgIpc) is 2.14. The fraction of sp³-hybridized carbons (Fsp3) is 1.00. The van der Waals surface area contributed by atoms with Gasteiger partial charge in [-0.1, -0.05) is 26.2 Å². The van der Waals surface area contributed by atoms with Crippen LogP contribution in [0.1, 0.15) is 51.9 Å². The van der Waals surface area contributed by atoms with Crippen molar-refractivity contribution < 1.29 is 0 Å². The Morgan fingerprint density at radius 3 is 2.31 bits per heavy atom. The molecule has 0 heterocycles. The highest BCUT2D eigenvalue weighted by Crippen LogP contribution is 2.43. The third-order valence-electron chi connectivity index (χ3n) is 5.18. The Balaban J connectivity index is 2.13. The first-order valence-electron chi connectivity index (χ1n) is 6.99. The van der Waals surface area contributed by atoms with E-state index in [0.717, 1.165) is 11.8 Å². The Kier molecular flexibility index (Phi) is 3.60. The molecule has 2 fully saturated rings. The van der Waals surface area contributed by atoms with Gasteiger partial charge in [-0.15, -0.1) is 0 Å². The molecule has 3 unspecified atom stereocenters. The number of hydrogen-bond acceptors (Lipinski definition) is 2. The minimum atomic E-state index is 0.294. The molecule has 0 amide bonds. The highest BCUT2D eigenvalue weighted by molar-refractivity contribution is 5.04. The first kappa shape index (κ1) is 12.4. The van der Waals surface area contributed by atoms with Gasteiger partial charge in [-0.25, -0.2) is 0 Å². The second-order valence-electron chi connectivity index (χ2n) is 6.42. The quantitative estimate of drug-likeness (QED) is 0.798. The van der Waals surface area contributed by atoms with Crippen molar-refractivity contribution >= 4 is 0 Å². The van der Waals surface area contributed by atoms with Gasteiger partial charge in [-0.3, -0.25) is 0 Å². The normalized spacial score (nSPS) is 38.4. The van der Waals surface area contributed by atoms with Gasteiger partial charge in [0.05, 0.1) is 0 Å². The summed E-state index contributed by atoms with van der Waals surface area (Å²) < 4.78 is 0. The van der Waals surface area contributed by atoms with Crippen LogP contribution in [-0.2, 0) is 0 Å². The van der Waals surface area contributed by atoms with Crippen LogP contribution in [0.4, 0.5) is 0 Å². The van der Waals surface area contributed by atoms with Crippen molar-refractivity contribution in [1.82, 2.24) is 4.90 Å². The summed E-state index contributed by atoms with van der Waals surface area (Å²) in [7, 11) is 4.47. The maximum atomic E-state index is 6.61. The molecule has 2 rings (SSSR count). The lowest BCUT2D eigenvalue weighted by Gasteiger charge is -2.52. The zero-order valence-electron chi connectivity index (χ0n) is 11.2. The minimum absolute atomic E-state index is 0.294. The molecule has 0 aromatic carbocycles. The summed E-state index contributed by atoms with van der Waals surface area (Å²) in [5, 5.41) is 0. The maximum Gasteiger partial charge on any atom is 0.0359 e. The van der Waals surface area contributed by atoms with Gasteiger partial charge in [-0.2, -0.15) is 0 Å². The number of nitrogens with two attached hydrogens (primary N) is 1. The Bertz CT molecular complexity index is 235. The van der Waals surface area contributed by atoms with E-state index in [1.807, 2.05) is 0 Å². The van der Waals surface area contributed by atoms with E-state index in [9.17, 15) is 0 Å². The van der Waals surface area contributed by atoms with Crippen LogP contribution < -0.4 is 5.73 Å². The first-order valence-corrected chi connectivity index (χ1v) is 6.99. The van der Waals surface area contributed by atoms with E-state index < -0.39 is 0 Å². The molecule has 2 heteroatoms. The van der Waals surface area contributed by atoms with E-state index in [1.165, 1.54) is 44.9 Å². The maximum absolute atomic E-state index is 6.61. The van der Waals surface area contributed by atoms with Crippen molar-refractivity contribution in [3.8, 4) is 0 Å². The third kappa shape index (κ3) is 2.02. The van der Waals surface area contributed by atoms with Crippen molar-refractivity contribution in [2.75, 3.05) is 14.1 Å². The second kappa shape index (κ2) is 4.66. The van der Waals surface area contributed by atoms with Crippen molar-refractivity contribution in [3.05, 3.63) is 0 Å². The third-order valence-corrected chi connectivity index (χ3v) is 5.18. The number of rotatable bonds is 3. The lowest BCUT2D eigenvalue weighted by molar-refractivity contribution is 0.0151. The van der Waals surface area contributed by atoms with Crippen molar-refractivity contribution in [2.24, 2.45) is 17.6 Å². The summed E-state index contributed by atoms with van der Waals surface area (Å²) in [5.74, 6) is 1.65. The molecule has 2 nitrogen and oxygen atoms in total. The summed E-state index contributed by atoms with van der Waals surface area (Å²) in [6.45, 7) is 2.39. The fourth-order valence-electron chi connectivity index (χ4n) is 3.81. The van der Waals surface area contributed by atoms with E-state index in [1.54, 1.807) is 0 Å². The van der Waals surface area contributed by atoms with Crippen LogP contribution >= 0.6 is 0 Å². The summed E-state index contributed by atoms with van der Waals surface area (Å²) >= 11 is 0. The molecule has 3 atom stereocenters. The number of hydrogen-bond donors (Lipinski definition) is 1. The fourth-order valence-corrected chi connectivity index (χ4v) is 3.81. The van der Waals surface area contributed by atoms with Crippen LogP contribution in [0.3, 0.4) is 0 Å². The molecule has 2 aliphatic rings. The van der Waals surface area contributed by atoms with Crippen molar-refractivity contribution in [1.29, 1.82) is 0 Å². The monoisotopic (exact) mass is 224 g/mol. The lowest BCUT2D eigenvalue weighted by atomic mass is 9.64. The molecule has 2 saturated carbocycles. The predicted octanol–water partition coefficient (Wildman–Crippen LogP) is 2.62. The number of nitrogens with zero attached hydrogens (tertiary/aromatic N) is 1. The highest BCUT2D eigenvalue weighted by Gasteiger charge is 2.45. The van der Waals surface area contributed by atoms with Gasteiger partial charge in [0, 0.05) is 11.6 Å². The molecule has 2 aliphatic carbocycles. The Morgan fingerprint density at radius 1 is 1.19 bits per heavy atom. The predicted molar refractivity (Wildman–Crippen MR) is 69.4 cm³/mol. The molecule has 16 heavy (non-hydrogen) atoms. The molecule has 0 aromatic rings. The molecule has 0 saturated heterocycles. The Morgan fingerprint density at radius 2 is 1.88 bits per heavy atom. The highest BCUT2D eigenvalue weighted by atomic mass is 15.2. The van der Waals surface area contributed by atoms with E-state index in [4.69, 9.17) is 5.73 Å². The van der Waals surface area contributed by atoms with Gasteiger partial charge in [0.2, 0.25) is 0 Å². The summed E-state index contributed by atoms with van der Waals surface area (Å²) in [6.07, 6.45) is 9.50. The molecule has 0 radical (unpaired) electrons. The smallest absolute Gasteiger partial charge is 0.0359 e.